The Labute approximate surface area is 309 Å². The van der Waals surface area contributed by atoms with Crippen LogP contribution in [0, 0.1) is 0 Å². The maximum Gasteiger partial charge on any atom is 0.243 e. The van der Waals surface area contributed by atoms with E-state index in [-0.39, 0.29) is 113 Å². The molecule has 2 aromatic rings. The molecule has 0 fully saturated rings. The molecule has 4 amide bonds. The van der Waals surface area contributed by atoms with Gasteiger partial charge in [-0.1, -0.05) is 12.1 Å². The second-order valence-corrected chi connectivity index (χ2v) is 11.1. The summed E-state index contributed by atoms with van der Waals surface area (Å²) in [7, 11) is 0. The highest BCUT2D eigenvalue weighted by molar-refractivity contribution is 5.93. The number of fused-ring (bicyclic) bond motifs is 5. The Morgan fingerprint density at radius 1 is 0.878 bits per heavy atom. The van der Waals surface area contributed by atoms with Gasteiger partial charge in [0.15, 0.2) is 0 Å². The van der Waals surface area contributed by atoms with Crippen LogP contribution in [-0.2, 0) is 32.0 Å². The van der Waals surface area contributed by atoms with E-state index in [0.29, 0.717) is 28.7 Å². The topological polar surface area (TPSA) is 281 Å². The van der Waals surface area contributed by atoms with Gasteiger partial charge in [-0.2, -0.15) is 0 Å². The van der Waals surface area contributed by atoms with Crippen LogP contribution in [0.2, 0.25) is 0 Å². The minimum atomic E-state index is -1.20. The molecular formula is C30H48Cl4N8O7. The third-order valence-corrected chi connectivity index (χ3v) is 7.53. The fourth-order valence-corrected chi connectivity index (χ4v) is 4.80. The highest BCUT2D eigenvalue weighted by atomic mass is 35.5. The van der Waals surface area contributed by atoms with Gasteiger partial charge in [-0.15, -0.1) is 49.6 Å². The van der Waals surface area contributed by atoms with Crippen molar-refractivity contribution in [2.75, 3.05) is 26.2 Å². The number of rotatable bonds is 11. The fourth-order valence-electron chi connectivity index (χ4n) is 4.80. The number of aliphatic hydroxyl groups is 1. The molecule has 49 heavy (non-hydrogen) atoms. The predicted octanol–water partition coefficient (Wildman–Crippen LogP) is -1.14. The van der Waals surface area contributed by atoms with Crippen molar-refractivity contribution in [3.05, 3.63) is 47.5 Å². The summed E-state index contributed by atoms with van der Waals surface area (Å²) < 4.78 is 0. The van der Waals surface area contributed by atoms with Crippen LogP contribution in [-0.4, -0.2) is 95.4 Å². The van der Waals surface area contributed by atoms with Crippen LogP contribution in [0.1, 0.15) is 30.4 Å². The number of carbonyl (C=O) groups is 4. The van der Waals surface area contributed by atoms with E-state index in [0.717, 1.165) is 0 Å². The Balaban J connectivity index is 0. The molecule has 0 saturated heterocycles. The van der Waals surface area contributed by atoms with E-state index < -0.39 is 53.9 Å². The summed E-state index contributed by atoms with van der Waals surface area (Å²) in [6, 6.07) is 5.27. The van der Waals surface area contributed by atoms with Gasteiger partial charge in [0.2, 0.25) is 23.6 Å². The van der Waals surface area contributed by atoms with Crippen molar-refractivity contribution in [3.8, 4) is 22.6 Å². The van der Waals surface area contributed by atoms with Gasteiger partial charge in [0.05, 0.1) is 18.2 Å². The van der Waals surface area contributed by atoms with Crippen molar-refractivity contribution in [3.63, 3.8) is 0 Å². The Hall–Kier alpha value is -3.12. The van der Waals surface area contributed by atoms with Gasteiger partial charge in [-0.25, -0.2) is 0 Å². The van der Waals surface area contributed by atoms with Crippen molar-refractivity contribution in [2.45, 2.75) is 62.4 Å². The van der Waals surface area contributed by atoms with Gasteiger partial charge in [0.25, 0.3) is 0 Å². The molecule has 15 nitrogen and oxygen atoms in total. The predicted molar refractivity (Wildman–Crippen MR) is 195 cm³/mol. The Kier molecular flexibility index (Phi) is 22.8. The van der Waals surface area contributed by atoms with Gasteiger partial charge >= 0.3 is 0 Å². The first-order valence-corrected chi connectivity index (χ1v) is 14.8. The van der Waals surface area contributed by atoms with E-state index in [2.05, 4.69) is 21.3 Å². The number of aromatic hydroxyl groups is 2. The smallest absolute Gasteiger partial charge is 0.243 e. The number of phenols is 2. The average molecular weight is 775 g/mol. The van der Waals surface area contributed by atoms with E-state index in [9.17, 15) is 34.5 Å². The van der Waals surface area contributed by atoms with Gasteiger partial charge in [0.1, 0.15) is 23.6 Å². The van der Waals surface area contributed by atoms with Crippen molar-refractivity contribution in [1.82, 2.24) is 21.3 Å². The van der Waals surface area contributed by atoms with Crippen LogP contribution < -0.4 is 44.2 Å². The summed E-state index contributed by atoms with van der Waals surface area (Å²) in [6.45, 7) is 0.126. The number of halogens is 4. The normalized spacial score (nSPS) is 18.4. The Morgan fingerprint density at radius 3 is 2.00 bits per heavy atom. The van der Waals surface area contributed by atoms with Gasteiger partial charge < -0.3 is 59.5 Å². The van der Waals surface area contributed by atoms with Crippen LogP contribution >= 0.6 is 49.6 Å². The monoisotopic (exact) mass is 772 g/mol. The molecule has 19 heteroatoms. The second-order valence-electron chi connectivity index (χ2n) is 11.1. The fraction of sp³-hybridized carbons (Fsp3) is 0.467. The zero-order valence-corrected chi connectivity index (χ0v) is 29.9. The molecule has 1 aliphatic heterocycles. The number of hydrogen-bond acceptors (Lipinski definition) is 11. The summed E-state index contributed by atoms with van der Waals surface area (Å²) in [6.07, 6.45) is -0.446. The molecule has 1 unspecified atom stereocenters. The third-order valence-electron chi connectivity index (χ3n) is 7.53. The van der Waals surface area contributed by atoms with Crippen LogP contribution in [0.25, 0.3) is 11.1 Å². The number of nitrogens with one attached hydrogen (secondary N) is 4. The van der Waals surface area contributed by atoms with Crippen molar-refractivity contribution < 1.29 is 34.5 Å². The zero-order chi connectivity index (χ0) is 33.1. The molecule has 0 aliphatic carbocycles. The summed E-state index contributed by atoms with van der Waals surface area (Å²) >= 11 is 0. The van der Waals surface area contributed by atoms with Crippen molar-refractivity contribution in [1.29, 1.82) is 0 Å². The lowest BCUT2D eigenvalue weighted by Gasteiger charge is -2.24. The van der Waals surface area contributed by atoms with E-state index in [1.54, 1.807) is 24.3 Å². The van der Waals surface area contributed by atoms with Gasteiger partial charge in [-0.05, 0) is 72.3 Å². The number of carbonyl (C=O) groups excluding carboxylic acids is 4. The number of nitrogens with two attached hydrogens (primary N) is 4. The maximum absolute atomic E-state index is 13.5. The highest BCUT2D eigenvalue weighted by Crippen LogP contribution is 2.30. The quantitative estimate of drug-likeness (QED) is 0.130. The molecule has 0 radical (unpaired) electrons. The molecule has 4 bridgehead atoms. The summed E-state index contributed by atoms with van der Waals surface area (Å²) in [5, 5.41) is 41.2. The minimum Gasteiger partial charge on any atom is -0.508 e. The van der Waals surface area contributed by atoms with E-state index >= 15 is 0 Å². The first-order chi connectivity index (χ1) is 21.4. The molecule has 1 heterocycles. The molecule has 0 aromatic heterocycles. The van der Waals surface area contributed by atoms with E-state index in [4.69, 9.17) is 22.9 Å². The second kappa shape index (κ2) is 23.3. The zero-order valence-electron chi connectivity index (χ0n) is 26.6. The molecule has 3 rings (SSSR count). The Bertz CT molecular complexity index is 1380. The van der Waals surface area contributed by atoms with Crippen LogP contribution in [0.3, 0.4) is 0 Å². The number of hydrogen-bond donors (Lipinski definition) is 11. The van der Waals surface area contributed by atoms with Crippen LogP contribution in [0.5, 0.6) is 11.5 Å². The molecule has 5 atom stereocenters. The minimum absolute atomic E-state index is 0. The molecule has 0 saturated carbocycles. The van der Waals surface area contributed by atoms with E-state index in [1.807, 2.05) is 0 Å². The lowest BCUT2D eigenvalue weighted by Crippen LogP contribution is -2.56. The molecule has 0 spiro atoms. The lowest BCUT2D eigenvalue weighted by molar-refractivity contribution is -0.132. The largest absolute Gasteiger partial charge is 0.508 e. The number of amides is 4. The summed E-state index contributed by atoms with van der Waals surface area (Å²) in [5.41, 5.74) is 25.2. The standard InChI is InChI=1S/C30H44N8O7.4ClH/c31-8-1-2-23-30(45)38-24(29(44)35-9-7-21(33)27(42)36-15-20(39)14-32)13-19-11-17(4-6-26(19)41)16-3-5-25(40)18(10-16)12-22(34)28(43)37-23;;;;/h3-6,10-11,20-24,39-41H,1-2,7-9,12-15,31-34H2,(H,35,44)(H,36,42)(H,37,43)(H,38,45);4*1H/t20?,21-,22-,23-,24-;;;;/m0..../s1. The molecule has 15 N–H and O–H groups in total. The Morgan fingerprint density at radius 2 is 1.45 bits per heavy atom. The number of aliphatic hydroxyl groups excluding tert-OH is 1. The maximum atomic E-state index is 13.5. The highest BCUT2D eigenvalue weighted by Gasteiger charge is 2.29. The first kappa shape index (κ1) is 48.0. The van der Waals surface area contributed by atoms with Gasteiger partial charge in [0, 0.05) is 32.5 Å². The SMILES string of the molecule is Cl.Cl.Cl.Cl.NCCC[C@@H]1NC(=O)[C@@H](N)Cc2cc(ccc2O)-c2ccc(O)c(c2)C[C@@H](C(=O)NCC[C@H](N)C(=O)NCC(O)CN)NC1=O. The average Bonchev–Trinajstić information content (AvgIpc) is 3.02. The van der Waals surface area contributed by atoms with Crippen molar-refractivity contribution >= 4 is 73.3 Å². The summed E-state index contributed by atoms with van der Waals surface area (Å²) in [5.74, 6) is -2.59. The van der Waals surface area contributed by atoms with E-state index in [1.165, 1.54) is 12.1 Å². The third kappa shape index (κ3) is 14.3. The number of phenolic OH excluding ortho intramolecular Hbond substituents is 2. The van der Waals surface area contributed by atoms with Gasteiger partial charge in [-0.3, -0.25) is 19.2 Å². The van der Waals surface area contributed by atoms with Crippen LogP contribution in [0.15, 0.2) is 36.4 Å². The molecule has 2 aromatic carbocycles. The number of benzene rings is 2. The molecular weight excluding hydrogens is 726 g/mol. The molecule has 278 valence electrons. The molecule has 1 aliphatic rings. The lowest BCUT2D eigenvalue weighted by atomic mass is 9.95. The van der Waals surface area contributed by atoms with Crippen LogP contribution in [0.4, 0.5) is 0 Å². The first-order valence-electron chi connectivity index (χ1n) is 14.8. The summed E-state index contributed by atoms with van der Waals surface area (Å²) in [4.78, 5) is 52.1. The van der Waals surface area contributed by atoms with Crippen molar-refractivity contribution in [2.24, 2.45) is 22.9 Å².